The van der Waals surface area contributed by atoms with Crippen molar-refractivity contribution in [2.45, 2.75) is 18.7 Å². The molecule has 2 rings (SSSR count). The highest BCUT2D eigenvalue weighted by molar-refractivity contribution is 7.90. The molecule has 1 aromatic carbocycles. The molecule has 19 heavy (non-hydrogen) atoms. The summed E-state index contributed by atoms with van der Waals surface area (Å²) in [6.45, 7) is 4.45. The van der Waals surface area contributed by atoms with Crippen LogP contribution in [-0.2, 0) is 14.6 Å². The fraction of sp³-hybridized carbons (Fsp3) is 0.462. The summed E-state index contributed by atoms with van der Waals surface area (Å²) in [6.07, 6.45) is 1.14. The molecule has 1 atom stereocenters. The summed E-state index contributed by atoms with van der Waals surface area (Å²) in [5, 5.41) is 5.90. The lowest BCUT2D eigenvalue weighted by Gasteiger charge is -2.16. The number of sulfone groups is 1. The van der Waals surface area contributed by atoms with Gasteiger partial charge in [0.2, 0.25) is 5.91 Å². The lowest BCUT2D eigenvalue weighted by molar-refractivity contribution is -0.120. The number of nitrogens with one attached hydrogen (secondary N) is 2. The number of para-hydroxylation sites is 1. The highest BCUT2D eigenvalue weighted by Crippen LogP contribution is 2.33. The number of carbonyl (C=O) groups is 1. The summed E-state index contributed by atoms with van der Waals surface area (Å²) < 4.78 is 23.5. The molecule has 0 saturated carbocycles. The van der Waals surface area contributed by atoms with Gasteiger partial charge in [0.15, 0.2) is 9.84 Å². The van der Waals surface area contributed by atoms with E-state index in [1.165, 1.54) is 6.07 Å². The van der Waals surface area contributed by atoms with Gasteiger partial charge in [0.05, 0.1) is 22.2 Å². The van der Waals surface area contributed by atoms with Crippen LogP contribution in [-0.4, -0.2) is 27.1 Å². The van der Waals surface area contributed by atoms with Crippen LogP contribution in [0, 0.1) is 11.8 Å². The monoisotopic (exact) mass is 282 g/mol. The first-order chi connectivity index (χ1) is 8.80. The molecule has 0 saturated heterocycles. The van der Waals surface area contributed by atoms with Gasteiger partial charge in [-0.15, -0.1) is 0 Å². The average molecular weight is 282 g/mol. The zero-order valence-corrected chi connectivity index (χ0v) is 12.0. The molecule has 0 fully saturated rings. The smallest absolute Gasteiger partial charge is 0.229 e. The van der Waals surface area contributed by atoms with Crippen LogP contribution in [0.15, 0.2) is 23.1 Å². The molecule has 0 bridgehead atoms. The van der Waals surface area contributed by atoms with E-state index in [4.69, 9.17) is 0 Å². The second kappa shape index (κ2) is 4.85. The summed E-state index contributed by atoms with van der Waals surface area (Å²) in [4.78, 5) is 12.3. The van der Waals surface area contributed by atoms with Crippen LogP contribution in [0.2, 0.25) is 0 Å². The Hall–Kier alpha value is -1.56. The van der Waals surface area contributed by atoms with Crippen LogP contribution in [0.1, 0.15) is 13.8 Å². The maximum absolute atomic E-state index is 12.2. The number of carbonyl (C=O) groups excluding carboxylic acids is 1. The van der Waals surface area contributed by atoms with Gasteiger partial charge in [-0.25, -0.2) is 8.42 Å². The lowest BCUT2D eigenvalue weighted by Crippen LogP contribution is -2.30. The minimum absolute atomic E-state index is 0.141. The third-order valence-electron chi connectivity index (χ3n) is 3.33. The third kappa shape index (κ3) is 2.73. The molecule has 1 aliphatic rings. The van der Waals surface area contributed by atoms with Gasteiger partial charge in [-0.1, -0.05) is 19.9 Å². The van der Waals surface area contributed by atoms with E-state index in [1.54, 1.807) is 12.1 Å². The van der Waals surface area contributed by atoms with E-state index >= 15 is 0 Å². The first-order valence-corrected chi connectivity index (χ1v) is 8.07. The topological polar surface area (TPSA) is 75.3 Å². The second-order valence-electron chi connectivity index (χ2n) is 5.17. The van der Waals surface area contributed by atoms with Crippen molar-refractivity contribution in [1.82, 2.24) is 0 Å². The Kier molecular flexibility index (Phi) is 3.54. The molecule has 5 nitrogen and oxygen atoms in total. The van der Waals surface area contributed by atoms with Gasteiger partial charge in [-0.3, -0.25) is 4.79 Å². The summed E-state index contributed by atoms with van der Waals surface area (Å²) in [7, 11) is -3.38. The molecule has 6 heteroatoms. The van der Waals surface area contributed by atoms with Crippen LogP contribution < -0.4 is 10.6 Å². The van der Waals surface area contributed by atoms with Crippen molar-refractivity contribution in [3.05, 3.63) is 18.2 Å². The van der Waals surface area contributed by atoms with Gasteiger partial charge in [-0.2, -0.15) is 0 Å². The molecule has 0 radical (unpaired) electrons. The van der Waals surface area contributed by atoms with E-state index in [-0.39, 0.29) is 22.6 Å². The Morgan fingerprint density at radius 3 is 2.58 bits per heavy atom. The van der Waals surface area contributed by atoms with Crippen LogP contribution in [0.3, 0.4) is 0 Å². The SMILES string of the molecule is CC(C)C1CNc2cccc(S(C)(=O)=O)c2NC1=O. The maximum atomic E-state index is 12.2. The third-order valence-corrected chi connectivity index (χ3v) is 4.47. The van der Waals surface area contributed by atoms with Gasteiger partial charge in [-0.05, 0) is 18.1 Å². The van der Waals surface area contributed by atoms with Gasteiger partial charge in [0.1, 0.15) is 0 Å². The van der Waals surface area contributed by atoms with E-state index in [1.807, 2.05) is 13.8 Å². The molecule has 104 valence electrons. The zero-order chi connectivity index (χ0) is 14.2. The van der Waals surface area contributed by atoms with Crippen molar-refractivity contribution < 1.29 is 13.2 Å². The van der Waals surface area contributed by atoms with E-state index in [0.29, 0.717) is 17.9 Å². The Balaban J connectivity index is 2.50. The number of fused-ring (bicyclic) bond motifs is 1. The quantitative estimate of drug-likeness (QED) is 0.866. The van der Waals surface area contributed by atoms with Gasteiger partial charge >= 0.3 is 0 Å². The summed E-state index contributed by atoms with van der Waals surface area (Å²) >= 11 is 0. The number of hydrogen-bond acceptors (Lipinski definition) is 4. The summed E-state index contributed by atoms with van der Waals surface area (Å²) in [5.41, 5.74) is 1.01. The minimum Gasteiger partial charge on any atom is -0.383 e. The first kappa shape index (κ1) is 13.9. The Morgan fingerprint density at radius 2 is 2.00 bits per heavy atom. The van der Waals surface area contributed by atoms with Crippen molar-refractivity contribution in [2.75, 3.05) is 23.4 Å². The molecule has 1 aliphatic heterocycles. The van der Waals surface area contributed by atoms with Crippen LogP contribution in [0.25, 0.3) is 0 Å². The Bertz CT molecular complexity index is 608. The first-order valence-electron chi connectivity index (χ1n) is 6.18. The average Bonchev–Trinajstić information content (AvgIpc) is 2.45. The van der Waals surface area contributed by atoms with Crippen molar-refractivity contribution in [3.63, 3.8) is 0 Å². The van der Waals surface area contributed by atoms with Gasteiger partial charge in [0.25, 0.3) is 0 Å². The molecule has 0 aromatic heterocycles. The Morgan fingerprint density at radius 1 is 1.32 bits per heavy atom. The molecule has 1 aromatic rings. The predicted molar refractivity (Wildman–Crippen MR) is 75.0 cm³/mol. The van der Waals surface area contributed by atoms with E-state index < -0.39 is 9.84 Å². The summed E-state index contributed by atoms with van der Waals surface area (Å²) in [6, 6.07) is 4.95. The molecular formula is C13H18N2O3S. The molecule has 0 aliphatic carbocycles. The fourth-order valence-electron chi connectivity index (χ4n) is 2.18. The van der Waals surface area contributed by atoms with Gasteiger partial charge < -0.3 is 10.6 Å². The zero-order valence-electron chi connectivity index (χ0n) is 11.2. The van der Waals surface area contributed by atoms with Crippen molar-refractivity contribution in [1.29, 1.82) is 0 Å². The number of amides is 1. The standard InChI is InChI=1S/C13H18N2O3S/c1-8(2)9-7-14-10-5-4-6-11(19(3,17)18)12(10)15-13(9)16/h4-6,8-9,14H,7H2,1-3H3,(H,15,16). The van der Waals surface area contributed by atoms with Crippen LogP contribution >= 0.6 is 0 Å². The van der Waals surface area contributed by atoms with Crippen LogP contribution in [0.4, 0.5) is 11.4 Å². The number of rotatable bonds is 2. The van der Waals surface area contributed by atoms with Crippen LogP contribution in [0.5, 0.6) is 0 Å². The van der Waals surface area contributed by atoms with Crippen molar-refractivity contribution in [2.24, 2.45) is 11.8 Å². The molecule has 2 N–H and O–H groups in total. The van der Waals surface area contributed by atoms with Gasteiger partial charge in [0, 0.05) is 12.8 Å². The second-order valence-corrected chi connectivity index (χ2v) is 7.16. The Labute approximate surface area is 113 Å². The molecular weight excluding hydrogens is 264 g/mol. The lowest BCUT2D eigenvalue weighted by atomic mass is 9.95. The highest BCUT2D eigenvalue weighted by atomic mass is 32.2. The maximum Gasteiger partial charge on any atom is 0.229 e. The number of benzene rings is 1. The normalized spacial score (nSPS) is 19.4. The number of hydrogen-bond donors (Lipinski definition) is 2. The van der Waals surface area contributed by atoms with E-state index in [0.717, 1.165) is 6.26 Å². The minimum atomic E-state index is -3.38. The number of anilines is 2. The predicted octanol–water partition coefficient (Wildman–Crippen LogP) is 1.73. The van der Waals surface area contributed by atoms with E-state index in [9.17, 15) is 13.2 Å². The molecule has 0 spiro atoms. The largest absolute Gasteiger partial charge is 0.383 e. The van der Waals surface area contributed by atoms with Crippen molar-refractivity contribution >= 4 is 27.1 Å². The van der Waals surface area contributed by atoms with Crippen molar-refractivity contribution in [3.8, 4) is 0 Å². The molecule has 1 heterocycles. The summed E-state index contributed by atoms with van der Waals surface area (Å²) in [5.74, 6) is -0.138. The van der Waals surface area contributed by atoms with E-state index in [2.05, 4.69) is 10.6 Å². The molecule has 1 amide bonds. The fourth-order valence-corrected chi connectivity index (χ4v) is 3.04. The molecule has 1 unspecified atom stereocenters. The highest BCUT2D eigenvalue weighted by Gasteiger charge is 2.28.